The summed E-state index contributed by atoms with van der Waals surface area (Å²) >= 11 is 0. The quantitative estimate of drug-likeness (QED) is 0.715. The zero-order chi connectivity index (χ0) is 10.1. The summed E-state index contributed by atoms with van der Waals surface area (Å²) in [7, 11) is 0. The highest BCUT2D eigenvalue weighted by Gasteiger charge is 2.16. The van der Waals surface area contributed by atoms with Crippen LogP contribution in [-0.2, 0) is 12.8 Å². The molecule has 1 aliphatic rings. The van der Waals surface area contributed by atoms with Gasteiger partial charge in [-0.05, 0) is 48.9 Å². The van der Waals surface area contributed by atoms with Crippen LogP contribution in [0, 0.1) is 0 Å². The lowest BCUT2D eigenvalue weighted by molar-refractivity contribution is 0.0693. The molecule has 74 valence electrons. The third kappa shape index (κ3) is 1.45. The lowest BCUT2D eigenvalue weighted by Crippen LogP contribution is -2.06. The lowest BCUT2D eigenvalue weighted by atomic mass is 9.90. The van der Waals surface area contributed by atoms with Gasteiger partial charge in [0.2, 0.25) is 0 Å². The number of carbonyl (C=O) groups is 1. The number of aromatic hydroxyl groups is 1. The van der Waals surface area contributed by atoms with Crippen molar-refractivity contribution in [2.75, 3.05) is 0 Å². The van der Waals surface area contributed by atoms with E-state index in [9.17, 15) is 9.90 Å². The van der Waals surface area contributed by atoms with E-state index in [0.717, 1.165) is 36.8 Å². The maximum atomic E-state index is 10.7. The monoisotopic (exact) mass is 192 g/mol. The van der Waals surface area contributed by atoms with Gasteiger partial charge in [-0.2, -0.15) is 0 Å². The number of aromatic carboxylic acids is 1. The highest BCUT2D eigenvalue weighted by molar-refractivity contribution is 5.91. The van der Waals surface area contributed by atoms with Gasteiger partial charge in [-0.3, -0.25) is 0 Å². The maximum absolute atomic E-state index is 10.7. The zero-order valence-corrected chi connectivity index (χ0v) is 7.79. The molecule has 2 rings (SSSR count). The fourth-order valence-electron chi connectivity index (χ4n) is 1.94. The first-order valence-electron chi connectivity index (χ1n) is 4.76. The average Bonchev–Trinajstić information content (AvgIpc) is 2.16. The minimum atomic E-state index is -1.06. The second kappa shape index (κ2) is 3.33. The summed E-state index contributed by atoms with van der Waals surface area (Å²) in [6.45, 7) is 0. The van der Waals surface area contributed by atoms with Gasteiger partial charge < -0.3 is 10.2 Å². The molecule has 0 amide bonds. The smallest absolute Gasteiger partial charge is 0.339 e. The third-order valence-corrected chi connectivity index (χ3v) is 2.69. The van der Waals surface area contributed by atoms with E-state index in [4.69, 9.17) is 5.11 Å². The molecule has 0 saturated carbocycles. The Balaban J connectivity index is 2.50. The van der Waals surface area contributed by atoms with Crippen molar-refractivity contribution in [1.29, 1.82) is 0 Å². The summed E-state index contributed by atoms with van der Waals surface area (Å²) < 4.78 is 0. The molecular weight excluding hydrogens is 180 g/mol. The van der Waals surface area contributed by atoms with Crippen LogP contribution < -0.4 is 0 Å². The van der Waals surface area contributed by atoms with Crippen LogP contribution >= 0.6 is 0 Å². The Morgan fingerprint density at radius 3 is 2.29 bits per heavy atom. The molecule has 1 aliphatic carbocycles. The van der Waals surface area contributed by atoms with Gasteiger partial charge in [0.25, 0.3) is 0 Å². The SMILES string of the molecule is O=C(O)c1cc2c(cc1O)CCCC2. The standard InChI is InChI=1S/C11H12O3/c12-10-6-8-4-2-1-3-7(8)5-9(10)11(13)14/h5-6,12H,1-4H2,(H,13,14). The minimum Gasteiger partial charge on any atom is -0.507 e. The summed E-state index contributed by atoms with van der Waals surface area (Å²) in [4.78, 5) is 10.7. The van der Waals surface area contributed by atoms with Crippen LogP contribution in [0.5, 0.6) is 5.75 Å². The molecule has 0 unspecified atom stereocenters. The van der Waals surface area contributed by atoms with Crippen LogP contribution in [0.25, 0.3) is 0 Å². The van der Waals surface area contributed by atoms with Crippen molar-refractivity contribution in [1.82, 2.24) is 0 Å². The first-order chi connectivity index (χ1) is 6.68. The van der Waals surface area contributed by atoms with Crippen LogP contribution in [-0.4, -0.2) is 16.2 Å². The molecule has 0 bridgehead atoms. The molecule has 0 fully saturated rings. The van der Waals surface area contributed by atoms with E-state index in [1.54, 1.807) is 12.1 Å². The zero-order valence-electron chi connectivity index (χ0n) is 7.79. The van der Waals surface area contributed by atoms with Crippen LogP contribution in [0.2, 0.25) is 0 Å². The van der Waals surface area contributed by atoms with E-state index in [1.807, 2.05) is 0 Å². The number of carboxylic acid groups (broad SMARTS) is 1. The van der Waals surface area contributed by atoms with E-state index < -0.39 is 5.97 Å². The van der Waals surface area contributed by atoms with Crippen molar-refractivity contribution in [3.05, 3.63) is 28.8 Å². The van der Waals surface area contributed by atoms with Crippen LogP contribution in [0.15, 0.2) is 12.1 Å². The summed E-state index contributed by atoms with van der Waals surface area (Å²) in [6.07, 6.45) is 4.11. The summed E-state index contributed by atoms with van der Waals surface area (Å²) in [5.41, 5.74) is 2.19. The third-order valence-electron chi connectivity index (χ3n) is 2.69. The van der Waals surface area contributed by atoms with E-state index in [-0.39, 0.29) is 11.3 Å². The van der Waals surface area contributed by atoms with Gasteiger partial charge in [-0.1, -0.05) is 0 Å². The van der Waals surface area contributed by atoms with Gasteiger partial charge in [0.05, 0.1) is 0 Å². The number of fused-ring (bicyclic) bond motifs is 1. The number of carboxylic acids is 1. The number of benzene rings is 1. The normalized spacial score (nSPS) is 14.9. The van der Waals surface area contributed by atoms with Gasteiger partial charge in [-0.15, -0.1) is 0 Å². The molecule has 0 aromatic heterocycles. The van der Waals surface area contributed by atoms with Gasteiger partial charge in [-0.25, -0.2) is 4.79 Å². The largest absolute Gasteiger partial charge is 0.507 e. The van der Waals surface area contributed by atoms with Crippen molar-refractivity contribution in [2.45, 2.75) is 25.7 Å². The number of aryl methyl sites for hydroxylation is 2. The Labute approximate surface area is 82.0 Å². The maximum Gasteiger partial charge on any atom is 0.339 e. The van der Waals surface area contributed by atoms with E-state index in [1.165, 1.54) is 0 Å². The van der Waals surface area contributed by atoms with Gasteiger partial charge in [0.15, 0.2) is 0 Å². The minimum absolute atomic E-state index is 0.0191. The Bertz CT molecular complexity index is 382. The Hall–Kier alpha value is -1.51. The van der Waals surface area contributed by atoms with Crippen molar-refractivity contribution in [2.24, 2.45) is 0 Å². The molecule has 3 heteroatoms. The molecule has 0 aliphatic heterocycles. The van der Waals surface area contributed by atoms with E-state index in [0.29, 0.717) is 0 Å². The van der Waals surface area contributed by atoms with Crippen molar-refractivity contribution in [3.8, 4) is 5.75 Å². The van der Waals surface area contributed by atoms with Crippen LogP contribution in [0.1, 0.15) is 34.3 Å². The van der Waals surface area contributed by atoms with E-state index in [2.05, 4.69) is 0 Å². The molecule has 0 spiro atoms. The first kappa shape index (κ1) is 9.06. The van der Waals surface area contributed by atoms with Crippen molar-refractivity contribution >= 4 is 5.97 Å². The molecule has 0 radical (unpaired) electrons. The van der Waals surface area contributed by atoms with Crippen LogP contribution in [0.3, 0.4) is 0 Å². The fraction of sp³-hybridized carbons (Fsp3) is 0.364. The molecular formula is C11H12O3. The number of rotatable bonds is 1. The predicted octanol–water partition coefficient (Wildman–Crippen LogP) is 1.97. The highest BCUT2D eigenvalue weighted by Crippen LogP contribution is 2.28. The van der Waals surface area contributed by atoms with E-state index >= 15 is 0 Å². The Morgan fingerprint density at radius 2 is 1.71 bits per heavy atom. The van der Waals surface area contributed by atoms with Crippen molar-refractivity contribution < 1.29 is 15.0 Å². The number of phenols is 1. The van der Waals surface area contributed by atoms with Crippen LogP contribution in [0.4, 0.5) is 0 Å². The molecule has 0 atom stereocenters. The van der Waals surface area contributed by atoms with Gasteiger partial charge in [0.1, 0.15) is 11.3 Å². The molecule has 1 aromatic rings. The highest BCUT2D eigenvalue weighted by atomic mass is 16.4. The van der Waals surface area contributed by atoms with Gasteiger partial charge >= 0.3 is 5.97 Å². The second-order valence-electron chi connectivity index (χ2n) is 3.65. The number of hydrogen-bond donors (Lipinski definition) is 2. The summed E-state index contributed by atoms with van der Waals surface area (Å²) in [6, 6.07) is 3.20. The topological polar surface area (TPSA) is 57.5 Å². The molecule has 14 heavy (non-hydrogen) atoms. The molecule has 2 N–H and O–H groups in total. The first-order valence-corrected chi connectivity index (χ1v) is 4.76. The fourth-order valence-corrected chi connectivity index (χ4v) is 1.94. The second-order valence-corrected chi connectivity index (χ2v) is 3.65. The summed E-state index contributed by atoms with van der Waals surface area (Å²) in [5.74, 6) is -1.17. The van der Waals surface area contributed by atoms with Crippen molar-refractivity contribution in [3.63, 3.8) is 0 Å². The summed E-state index contributed by atoms with van der Waals surface area (Å²) in [5, 5.41) is 18.3. The predicted molar refractivity (Wildman–Crippen MR) is 51.7 cm³/mol. The molecule has 3 nitrogen and oxygen atoms in total. The Kier molecular flexibility index (Phi) is 2.15. The average molecular weight is 192 g/mol. The molecule has 0 heterocycles. The number of hydrogen-bond acceptors (Lipinski definition) is 2. The lowest BCUT2D eigenvalue weighted by Gasteiger charge is -2.16. The molecule has 0 saturated heterocycles. The van der Waals surface area contributed by atoms with Gasteiger partial charge in [0, 0.05) is 0 Å². The molecule has 1 aromatic carbocycles. The Morgan fingerprint density at radius 1 is 1.14 bits per heavy atom.